The highest BCUT2D eigenvalue weighted by atomic mass is 32.2. The molecule has 0 saturated heterocycles. The fraction of sp³-hybridized carbons (Fsp3) is 0.0769. The van der Waals surface area contributed by atoms with Crippen LogP contribution in [0.4, 0.5) is 5.69 Å². The molecule has 108 valence electrons. The number of aromatic nitrogens is 2. The van der Waals surface area contributed by atoms with E-state index in [2.05, 4.69) is 13.5 Å². The van der Waals surface area contributed by atoms with Crippen molar-refractivity contribution in [2.45, 2.75) is 4.90 Å². The lowest BCUT2D eigenvalue weighted by molar-refractivity contribution is 0.415. The van der Waals surface area contributed by atoms with Crippen molar-refractivity contribution in [1.29, 1.82) is 0 Å². The number of sulfonamides is 1. The lowest BCUT2D eigenvalue weighted by Gasteiger charge is -2.09. The van der Waals surface area contributed by atoms with Crippen molar-refractivity contribution in [2.75, 3.05) is 11.8 Å². The van der Waals surface area contributed by atoms with Crippen molar-refractivity contribution >= 4 is 38.5 Å². The van der Waals surface area contributed by atoms with Gasteiger partial charge in [0.25, 0.3) is 10.0 Å². The summed E-state index contributed by atoms with van der Waals surface area (Å²) in [7, 11) is -2.17. The monoisotopic (exact) mass is 321 g/mol. The molecule has 1 aromatic heterocycles. The van der Waals surface area contributed by atoms with Crippen LogP contribution in [0.15, 0.2) is 47.4 Å². The third-order valence-corrected chi connectivity index (χ3v) is 4.84. The van der Waals surface area contributed by atoms with Crippen LogP contribution in [0.2, 0.25) is 0 Å². The minimum Gasteiger partial charge on any atom is -0.497 e. The highest BCUT2D eigenvalue weighted by Crippen LogP contribution is 2.24. The van der Waals surface area contributed by atoms with Crippen LogP contribution in [0.1, 0.15) is 0 Å². The third kappa shape index (κ3) is 2.67. The Balaban J connectivity index is 1.98. The number of ether oxygens (including phenoxy) is 1. The van der Waals surface area contributed by atoms with E-state index >= 15 is 0 Å². The second-order valence-corrected chi connectivity index (χ2v) is 6.40. The van der Waals surface area contributed by atoms with Crippen LogP contribution in [0.25, 0.3) is 11.0 Å². The van der Waals surface area contributed by atoms with E-state index in [-0.39, 0.29) is 4.90 Å². The van der Waals surface area contributed by atoms with Gasteiger partial charge in [0, 0.05) is 5.69 Å². The number of nitrogens with zero attached hydrogens (tertiary/aromatic N) is 2. The zero-order valence-electron chi connectivity index (χ0n) is 11.0. The van der Waals surface area contributed by atoms with E-state index in [0.717, 1.165) is 11.7 Å². The van der Waals surface area contributed by atoms with Gasteiger partial charge in [-0.1, -0.05) is 6.07 Å². The maximum atomic E-state index is 12.5. The van der Waals surface area contributed by atoms with Crippen molar-refractivity contribution in [3.05, 3.63) is 42.5 Å². The molecule has 8 heteroatoms. The molecule has 0 amide bonds. The van der Waals surface area contributed by atoms with Gasteiger partial charge in [-0.3, -0.25) is 4.72 Å². The molecule has 0 aliphatic rings. The largest absolute Gasteiger partial charge is 0.497 e. The molecule has 2 aromatic carbocycles. The first-order valence-electron chi connectivity index (χ1n) is 5.98. The van der Waals surface area contributed by atoms with Gasteiger partial charge in [-0.15, -0.1) is 0 Å². The Bertz CT molecular complexity index is 873. The zero-order valence-corrected chi connectivity index (χ0v) is 12.6. The molecule has 0 aliphatic carbocycles. The van der Waals surface area contributed by atoms with E-state index in [0.29, 0.717) is 22.5 Å². The second kappa shape index (κ2) is 5.30. The average molecular weight is 321 g/mol. The van der Waals surface area contributed by atoms with Gasteiger partial charge in [-0.05, 0) is 36.4 Å². The molecule has 1 N–H and O–H groups in total. The molecule has 0 bridgehead atoms. The van der Waals surface area contributed by atoms with Gasteiger partial charge in [0.1, 0.15) is 21.7 Å². The van der Waals surface area contributed by atoms with Crippen LogP contribution in [-0.2, 0) is 10.0 Å². The predicted molar refractivity (Wildman–Crippen MR) is 81.2 cm³/mol. The summed E-state index contributed by atoms with van der Waals surface area (Å²) in [6.45, 7) is 0. The average Bonchev–Trinajstić information content (AvgIpc) is 2.95. The van der Waals surface area contributed by atoms with Crippen LogP contribution < -0.4 is 9.46 Å². The standard InChI is InChI=1S/C13H11N3O3S2/c1-19-10-7-5-9(6-8-10)16-21(17,18)12-4-2-3-11-13(12)15-20-14-11/h2-8,16H,1H3. The highest BCUT2D eigenvalue weighted by molar-refractivity contribution is 7.93. The molecule has 0 unspecified atom stereocenters. The molecule has 3 aromatic rings. The summed E-state index contributed by atoms with van der Waals surface area (Å²) in [5.41, 5.74) is 1.40. The summed E-state index contributed by atoms with van der Waals surface area (Å²) >= 11 is 0.986. The summed E-state index contributed by atoms with van der Waals surface area (Å²) in [6, 6.07) is 11.5. The van der Waals surface area contributed by atoms with E-state index in [1.54, 1.807) is 43.5 Å². The lowest BCUT2D eigenvalue weighted by Crippen LogP contribution is -2.13. The van der Waals surface area contributed by atoms with Crippen molar-refractivity contribution < 1.29 is 13.2 Å². The van der Waals surface area contributed by atoms with Crippen molar-refractivity contribution in [1.82, 2.24) is 8.75 Å². The Labute approximate surface area is 125 Å². The molecule has 0 fully saturated rings. The summed E-state index contributed by atoms with van der Waals surface area (Å²) in [4.78, 5) is 0.115. The van der Waals surface area contributed by atoms with E-state index in [1.807, 2.05) is 0 Å². The van der Waals surface area contributed by atoms with E-state index in [1.165, 1.54) is 6.07 Å². The molecule has 3 rings (SSSR count). The smallest absolute Gasteiger partial charge is 0.264 e. The minimum absolute atomic E-state index is 0.115. The van der Waals surface area contributed by atoms with Gasteiger partial charge in [-0.2, -0.15) is 8.75 Å². The van der Waals surface area contributed by atoms with Gasteiger partial charge in [0.15, 0.2) is 0 Å². The number of fused-ring (bicyclic) bond motifs is 1. The Hall–Kier alpha value is -2.19. The molecule has 0 saturated carbocycles. The number of hydrogen-bond acceptors (Lipinski definition) is 6. The minimum atomic E-state index is -3.72. The summed E-state index contributed by atoms with van der Waals surface area (Å²) < 4.78 is 40.6. The van der Waals surface area contributed by atoms with Crippen LogP contribution >= 0.6 is 11.7 Å². The highest BCUT2D eigenvalue weighted by Gasteiger charge is 2.19. The molecular weight excluding hydrogens is 310 g/mol. The maximum absolute atomic E-state index is 12.5. The SMILES string of the molecule is COc1ccc(NS(=O)(=O)c2cccc3nsnc23)cc1. The number of methoxy groups -OCH3 is 1. The fourth-order valence-electron chi connectivity index (χ4n) is 1.87. The molecular formula is C13H11N3O3S2. The van der Waals surface area contributed by atoms with Crippen LogP contribution in [0.5, 0.6) is 5.75 Å². The lowest BCUT2D eigenvalue weighted by atomic mass is 10.3. The summed E-state index contributed by atoms with van der Waals surface area (Å²) in [6.07, 6.45) is 0. The predicted octanol–water partition coefficient (Wildman–Crippen LogP) is 2.50. The van der Waals surface area contributed by atoms with Crippen molar-refractivity contribution in [2.24, 2.45) is 0 Å². The molecule has 6 nitrogen and oxygen atoms in total. The first-order chi connectivity index (χ1) is 10.1. The second-order valence-electron chi connectivity index (χ2n) is 4.22. The number of benzene rings is 2. The van der Waals surface area contributed by atoms with Crippen LogP contribution in [-0.4, -0.2) is 24.3 Å². The number of nitrogens with one attached hydrogen (secondary N) is 1. The van der Waals surface area contributed by atoms with E-state index in [4.69, 9.17) is 4.74 Å². The molecule has 0 atom stereocenters. The molecule has 21 heavy (non-hydrogen) atoms. The van der Waals surface area contributed by atoms with Gasteiger partial charge in [-0.25, -0.2) is 8.42 Å². The Morgan fingerprint density at radius 3 is 2.57 bits per heavy atom. The summed E-state index contributed by atoms with van der Waals surface area (Å²) in [5.74, 6) is 0.656. The molecule has 1 heterocycles. The van der Waals surface area contributed by atoms with E-state index in [9.17, 15) is 8.42 Å². The number of hydrogen-bond donors (Lipinski definition) is 1. The van der Waals surface area contributed by atoms with Gasteiger partial charge in [0.05, 0.1) is 18.8 Å². The van der Waals surface area contributed by atoms with Gasteiger partial charge < -0.3 is 4.74 Å². The zero-order chi connectivity index (χ0) is 14.9. The molecule has 0 spiro atoms. The number of anilines is 1. The first-order valence-corrected chi connectivity index (χ1v) is 8.20. The quantitative estimate of drug-likeness (QED) is 0.798. The maximum Gasteiger partial charge on any atom is 0.264 e. The molecule has 0 radical (unpaired) electrons. The fourth-order valence-corrected chi connectivity index (χ4v) is 3.69. The third-order valence-electron chi connectivity index (χ3n) is 2.88. The Morgan fingerprint density at radius 2 is 1.86 bits per heavy atom. The van der Waals surface area contributed by atoms with Crippen LogP contribution in [0, 0.1) is 0 Å². The topological polar surface area (TPSA) is 81.2 Å². The normalized spacial score (nSPS) is 11.5. The van der Waals surface area contributed by atoms with Gasteiger partial charge in [0.2, 0.25) is 0 Å². The Kier molecular flexibility index (Phi) is 3.48. The first kappa shape index (κ1) is 13.8. The summed E-state index contributed by atoms with van der Waals surface area (Å²) in [5, 5.41) is 0. The van der Waals surface area contributed by atoms with Crippen molar-refractivity contribution in [3.63, 3.8) is 0 Å². The van der Waals surface area contributed by atoms with Crippen molar-refractivity contribution in [3.8, 4) is 5.75 Å². The van der Waals surface area contributed by atoms with Crippen LogP contribution in [0.3, 0.4) is 0 Å². The van der Waals surface area contributed by atoms with Gasteiger partial charge >= 0.3 is 0 Å². The Morgan fingerprint density at radius 1 is 1.10 bits per heavy atom. The molecule has 0 aliphatic heterocycles. The van der Waals surface area contributed by atoms with E-state index < -0.39 is 10.0 Å². The number of rotatable bonds is 4.